The predicted molar refractivity (Wildman–Crippen MR) is 93.2 cm³/mol. The molecule has 0 aromatic heterocycles. The summed E-state index contributed by atoms with van der Waals surface area (Å²) < 4.78 is 0. The number of nitrogens with one attached hydrogen (secondary N) is 1. The van der Waals surface area contributed by atoms with Crippen molar-refractivity contribution in [1.82, 2.24) is 5.32 Å². The van der Waals surface area contributed by atoms with Crippen molar-refractivity contribution in [3.8, 4) is 0 Å². The fourth-order valence-electron chi connectivity index (χ4n) is 3.28. The van der Waals surface area contributed by atoms with E-state index < -0.39 is 0 Å². The second-order valence-electron chi connectivity index (χ2n) is 6.80. The van der Waals surface area contributed by atoms with Gasteiger partial charge in [0.1, 0.15) is 0 Å². The van der Waals surface area contributed by atoms with Crippen LogP contribution in [0.2, 0.25) is 0 Å². The van der Waals surface area contributed by atoms with Gasteiger partial charge in [0.25, 0.3) is 5.91 Å². The molecule has 122 valence electrons. The third kappa shape index (κ3) is 6.21. The van der Waals surface area contributed by atoms with Gasteiger partial charge in [0, 0.05) is 11.6 Å². The first-order chi connectivity index (χ1) is 10.8. The molecule has 0 aliphatic heterocycles. The van der Waals surface area contributed by atoms with Gasteiger partial charge in [0.05, 0.1) is 0 Å². The summed E-state index contributed by atoms with van der Waals surface area (Å²) in [5.41, 5.74) is 1.99. The third-order valence-corrected chi connectivity index (χ3v) is 4.75. The van der Waals surface area contributed by atoms with Gasteiger partial charge in [-0.3, -0.25) is 4.79 Å². The second-order valence-corrected chi connectivity index (χ2v) is 6.80. The van der Waals surface area contributed by atoms with Crippen LogP contribution in [0.15, 0.2) is 24.3 Å². The predicted octanol–water partition coefficient (Wildman–Crippen LogP) is 5.40. The first-order valence-electron chi connectivity index (χ1n) is 9.13. The standard InChI is InChI=1S/C20H31NO/c1-17-13-15-18(16-14-17)20(22)21-19-11-9-7-5-3-2-4-6-8-10-12-19/h13-16,19H,2-12H2,1H3,(H,21,22). The Balaban J connectivity index is 1.86. The van der Waals surface area contributed by atoms with Crippen LogP contribution in [-0.2, 0) is 0 Å². The average molecular weight is 301 g/mol. The van der Waals surface area contributed by atoms with Crippen molar-refractivity contribution in [3.63, 3.8) is 0 Å². The minimum Gasteiger partial charge on any atom is -0.349 e. The number of carbonyl (C=O) groups excluding carboxylic acids is 1. The lowest BCUT2D eigenvalue weighted by molar-refractivity contribution is 0.0931. The summed E-state index contributed by atoms with van der Waals surface area (Å²) in [6, 6.07) is 8.24. The highest BCUT2D eigenvalue weighted by Crippen LogP contribution is 2.17. The lowest BCUT2D eigenvalue weighted by Crippen LogP contribution is -2.34. The summed E-state index contributed by atoms with van der Waals surface area (Å²) in [4.78, 5) is 12.4. The van der Waals surface area contributed by atoms with Crippen LogP contribution < -0.4 is 5.32 Å². The first kappa shape index (κ1) is 17.1. The summed E-state index contributed by atoms with van der Waals surface area (Å²) >= 11 is 0. The number of rotatable bonds is 2. The second kappa shape index (κ2) is 9.66. The summed E-state index contributed by atoms with van der Waals surface area (Å²) in [7, 11) is 0. The Morgan fingerprint density at radius 3 is 1.77 bits per heavy atom. The van der Waals surface area contributed by atoms with Crippen LogP contribution in [0.4, 0.5) is 0 Å². The summed E-state index contributed by atoms with van der Waals surface area (Å²) in [5.74, 6) is 0.0945. The zero-order valence-corrected chi connectivity index (χ0v) is 14.1. The minimum absolute atomic E-state index is 0.0945. The fourth-order valence-corrected chi connectivity index (χ4v) is 3.28. The Bertz CT molecular complexity index is 426. The average Bonchev–Trinajstić information content (AvgIpc) is 2.50. The van der Waals surface area contributed by atoms with Crippen LogP contribution >= 0.6 is 0 Å². The SMILES string of the molecule is Cc1ccc(C(=O)NC2CCCCCCCCCCC2)cc1. The van der Waals surface area contributed by atoms with Crippen LogP contribution in [0.5, 0.6) is 0 Å². The fraction of sp³-hybridized carbons (Fsp3) is 0.650. The van der Waals surface area contributed by atoms with E-state index in [4.69, 9.17) is 0 Å². The maximum atomic E-state index is 12.4. The molecule has 0 radical (unpaired) electrons. The van der Waals surface area contributed by atoms with Crippen LogP contribution in [-0.4, -0.2) is 11.9 Å². The van der Waals surface area contributed by atoms with E-state index in [1.807, 2.05) is 24.3 Å². The summed E-state index contributed by atoms with van der Waals surface area (Å²) in [5, 5.41) is 3.27. The highest BCUT2D eigenvalue weighted by Gasteiger charge is 2.13. The van der Waals surface area contributed by atoms with Gasteiger partial charge in [-0.1, -0.05) is 75.5 Å². The van der Waals surface area contributed by atoms with Crippen molar-refractivity contribution in [1.29, 1.82) is 0 Å². The van der Waals surface area contributed by atoms with Crippen molar-refractivity contribution in [2.45, 2.75) is 83.6 Å². The van der Waals surface area contributed by atoms with Gasteiger partial charge in [0.2, 0.25) is 0 Å². The molecule has 0 atom stereocenters. The van der Waals surface area contributed by atoms with Crippen LogP contribution in [0, 0.1) is 6.92 Å². The van der Waals surface area contributed by atoms with E-state index in [1.165, 1.54) is 63.4 Å². The number of aryl methyl sites for hydroxylation is 1. The van der Waals surface area contributed by atoms with Crippen molar-refractivity contribution >= 4 is 5.91 Å². The molecule has 22 heavy (non-hydrogen) atoms. The number of hydrogen-bond donors (Lipinski definition) is 1. The van der Waals surface area contributed by atoms with Crippen molar-refractivity contribution in [3.05, 3.63) is 35.4 Å². The van der Waals surface area contributed by atoms with Crippen molar-refractivity contribution in [2.24, 2.45) is 0 Å². The van der Waals surface area contributed by atoms with Gasteiger partial charge in [0.15, 0.2) is 0 Å². The van der Waals surface area contributed by atoms with E-state index in [9.17, 15) is 4.79 Å². The Morgan fingerprint density at radius 1 is 0.818 bits per heavy atom. The molecule has 0 saturated heterocycles. The van der Waals surface area contributed by atoms with Gasteiger partial charge in [-0.05, 0) is 31.9 Å². The molecule has 0 spiro atoms. The third-order valence-electron chi connectivity index (χ3n) is 4.75. The Hall–Kier alpha value is -1.31. The number of carbonyl (C=O) groups is 1. The molecule has 1 aromatic rings. The molecule has 1 aliphatic carbocycles. The minimum atomic E-state index is 0.0945. The smallest absolute Gasteiger partial charge is 0.251 e. The largest absolute Gasteiger partial charge is 0.349 e. The molecular weight excluding hydrogens is 270 g/mol. The number of hydrogen-bond acceptors (Lipinski definition) is 1. The van der Waals surface area contributed by atoms with Crippen LogP contribution in [0.25, 0.3) is 0 Å². The highest BCUT2D eigenvalue weighted by atomic mass is 16.1. The summed E-state index contributed by atoms with van der Waals surface area (Å²) in [6.07, 6.45) is 14.3. The van der Waals surface area contributed by atoms with E-state index >= 15 is 0 Å². The molecule has 0 bridgehead atoms. The van der Waals surface area contributed by atoms with Crippen molar-refractivity contribution < 1.29 is 4.79 Å². The molecule has 2 rings (SSSR count). The number of amides is 1. The van der Waals surface area contributed by atoms with E-state index in [1.54, 1.807) is 0 Å². The van der Waals surface area contributed by atoms with E-state index in [-0.39, 0.29) is 5.91 Å². The van der Waals surface area contributed by atoms with Crippen LogP contribution in [0.1, 0.15) is 86.6 Å². The van der Waals surface area contributed by atoms with Gasteiger partial charge in [-0.2, -0.15) is 0 Å². The van der Waals surface area contributed by atoms with E-state index in [0.717, 1.165) is 18.4 Å². The van der Waals surface area contributed by atoms with Crippen molar-refractivity contribution in [2.75, 3.05) is 0 Å². The van der Waals surface area contributed by atoms with Crippen LogP contribution in [0.3, 0.4) is 0 Å². The Kier molecular flexibility index (Phi) is 7.48. The summed E-state index contributed by atoms with van der Waals surface area (Å²) in [6.45, 7) is 2.05. The Morgan fingerprint density at radius 2 is 1.27 bits per heavy atom. The lowest BCUT2D eigenvalue weighted by atomic mass is 9.97. The molecule has 1 aromatic carbocycles. The van der Waals surface area contributed by atoms with Gasteiger partial charge >= 0.3 is 0 Å². The molecule has 1 fully saturated rings. The normalized spacial score (nSPS) is 19.0. The molecule has 1 saturated carbocycles. The molecular formula is C20H31NO. The zero-order chi connectivity index (χ0) is 15.6. The molecule has 2 heteroatoms. The first-order valence-corrected chi connectivity index (χ1v) is 9.13. The maximum absolute atomic E-state index is 12.4. The molecule has 1 N–H and O–H groups in total. The molecule has 0 heterocycles. The Labute approximate surface area is 135 Å². The zero-order valence-electron chi connectivity index (χ0n) is 14.1. The monoisotopic (exact) mass is 301 g/mol. The molecule has 2 nitrogen and oxygen atoms in total. The van der Waals surface area contributed by atoms with E-state index in [0.29, 0.717) is 6.04 Å². The molecule has 0 unspecified atom stereocenters. The lowest BCUT2D eigenvalue weighted by Gasteiger charge is -2.19. The topological polar surface area (TPSA) is 29.1 Å². The number of benzene rings is 1. The van der Waals surface area contributed by atoms with Gasteiger partial charge in [-0.15, -0.1) is 0 Å². The highest BCUT2D eigenvalue weighted by molar-refractivity contribution is 5.94. The maximum Gasteiger partial charge on any atom is 0.251 e. The quantitative estimate of drug-likeness (QED) is 0.778. The van der Waals surface area contributed by atoms with Gasteiger partial charge in [-0.25, -0.2) is 0 Å². The molecule has 1 aliphatic rings. The van der Waals surface area contributed by atoms with Gasteiger partial charge < -0.3 is 5.32 Å². The van der Waals surface area contributed by atoms with E-state index in [2.05, 4.69) is 12.2 Å². The molecule has 1 amide bonds.